The molecule has 0 saturated heterocycles. The molecule has 114 valence electrons. The molecule has 5 nitrogen and oxygen atoms in total. The first-order valence-electron chi connectivity index (χ1n) is 6.84. The van der Waals surface area contributed by atoms with E-state index in [0.29, 0.717) is 29.0 Å². The van der Waals surface area contributed by atoms with Gasteiger partial charge in [0.05, 0.1) is 16.3 Å². The number of aliphatic imine (C=N–C) groups is 1. The molecule has 1 aromatic heterocycles. The molecule has 0 amide bonds. The molecule has 0 aliphatic carbocycles. The molecule has 0 bridgehead atoms. The van der Waals surface area contributed by atoms with Gasteiger partial charge in [0, 0.05) is 12.1 Å². The van der Waals surface area contributed by atoms with E-state index in [1.807, 2.05) is 6.92 Å². The predicted molar refractivity (Wildman–Crippen MR) is 85.2 cm³/mol. The van der Waals surface area contributed by atoms with Crippen LogP contribution in [-0.4, -0.2) is 22.4 Å². The number of nitrogens with two attached hydrogens (primary N) is 2. The molecule has 2 aromatic rings. The van der Waals surface area contributed by atoms with Crippen molar-refractivity contribution in [2.24, 2.45) is 16.5 Å². The topological polar surface area (TPSA) is 80.5 Å². The standard InChI is InChI=1S/C15H15ClFN5/c1-2-22-13(18)8-6-7-11(20-14(8)21-15(22)19)12-9(16)4-3-5-10(12)17/h3-7,13H,2,18H2,1H3,(H2,19,20,21). The molecule has 1 aliphatic heterocycles. The van der Waals surface area contributed by atoms with Gasteiger partial charge in [-0.3, -0.25) is 0 Å². The number of rotatable bonds is 2. The Morgan fingerprint density at radius 2 is 2.09 bits per heavy atom. The van der Waals surface area contributed by atoms with E-state index in [9.17, 15) is 4.39 Å². The fourth-order valence-corrected chi connectivity index (χ4v) is 2.76. The Hall–Kier alpha value is -2.18. The van der Waals surface area contributed by atoms with Gasteiger partial charge in [0.15, 0.2) is 11.8 Å². The van der Waals surface area contributed by atoms with Crippen molar-refractivity contribution < 1.29 is 4.39 Å². The van der Waals surface area contributed by atoms with E-state index in [1.165, 1.54) is 6.07 Å². The fourth-order valence-electron chi connectivity index (χ4n) is 2.50. The molecule has 0 saturated carbocycles. The molecule has 0 radical (unpaired) electrons. The summed E-state index contributed by atoms with van der Waals surface area (Å²) in [6.45, 7) is 2.57. The summed E-state index contributed by atoms with van der Waals surface area (Å²) in [5.41, 5.74) is 13.4. The largest absolute Gasteiger partial charge is 0.369 e. The summed E-state index contributed by atoms with van der Waals surface area (Å²) < 4.78 is 14.0. The number of nitrogens with zero attached hydrogens (tertiary/aromatic N) is 3. The minimum Gasteiger partial charge on any atom is -0.369 e. The molecule has 0 spiro atoms. The van der Waals surface area contributed by atoms with E-state index in [2.05, 4.69) is 9.98 Å². The van der Waals surface area contributed by atoms with E-state index in [-0.39, 0.29) is 5.56 Å². The minimum absolute atomic E-state index is 0.243. The first-order valence-corrected chi connectivity index (χ1v) is 7.22. The Kier molecular flexibility index (Phi) is 3.72. The predicted octanol–water partition coefficient (Wildman–Crippen LogP) is 2.78. The number of halogens is 2. The maximum Gasteiger partial charge on any atom is 0.199 e. The van der Waals surface area contributed by atoms with Crippen LogP contribution in [0.15, 0.2) is 35.3 Å². The minimum atomic E-state index is -0.438. The highest BCUT2D eigenvalue weighted by Crippen LogP contribution is 2.35. The number of hydrogen-bond acceptors (Lipinski definition) is 5. The van der Waals surface area contributed by atoms with Gasteiger partial charge in [-0.15, -0.1) is 0 Å². The lowest BCUT2D eigenvalue weighted by Crippen LogP contribution is -2.45. The second-order valence-corrected chi connectivity index (χ2v) is 5.31. The van der Waals surface area contributed by atoms with Gasteiger partial charge < -0.3 is 16.4 Å². The van der Waals surface area contributed by atoms with Crippen molar-refractivity contribution >= 4 is 23.4 Å². The second-order valence-electron chi connectivity index (χ2n) is 4.91. The molecular formula is C15H15ClFN5. The molecule has 2 heterocycles. The summed E-state index contributed by atoms with van der Waals surface area (Å²) in [4.78, 5) is 10.4. The van der Waals surface area contributed by atoms with E-state index in [0.717, 1.165) is 5.56 Å². The van der Waals surface area contributed by atoms with E-state index in [4.69, 9.17) is 23.1 Å². The summed E-state index contributed by atoms with van der Waals surface area (Å²) in [6, 6.07) is 7.97. The third-order valence-electron chi connectivity index (χ3n) is 3.63. The lowest BCUT2D eigenvalue weighted by molar-refractivity contribution is 0.329. The highest BCUT2D eigenvalue weighted by molar-refractivity contribution is 6.33. The Morgan fingerprint density at radius 3 is 2.77 bits per heavy atom. The maximum absolute atomic E-state index is 14.0. The van der Waals surface area contributed by atoms with Crippen molar-refractivity contribution in [1.29, 1.82) is 0 Å². The van der Waals surface area contributed by atoms with E-state index >= 15 is 0 Å². The Bertz CT molecular complexity index is 741. The third kappa shape index (κ3) is 2.30. The van der Waals surface area contributed by atoms with Crippen LogP contribution in [0.2, 0.25) is 5.02 Å². The number of hydrogen-bond donors (Lipinski definition) is 2. The van der Waals surface area contributed by atoms with Crippen LogP contribution in [0.3, 0.4) is 0 Å². The molecule has 3 rings (SSSR count). The average molecular weight is 320 g/mol. The molecule has 0 fully saturated rings. The number of benzene rings is 1. The molecule has 7 heteroatoms. The van der Waals surface area contributed by atoms with Crippen molar-refractivity contribution in [1.82, 2.24) is 9.88 Å². The van der Waals surface area contributed by atoms with E-state index in [1.54, 1.807) is 29.2 Å². The van der Waals surface area contributed by atoms with Gasteiger partial charge in [0.2, 0.25) is 0 Å². The fraction of sp³-hybridized carbons (Fsp3) is 0.200. The first-order chi connectivity index (χ1) is 10.5. The Balaban J connectivity index is 2.13. The molecule has 22 heavy (non-hydrogen) atoms. The monoisotopic (exact) mass is 319 g/mol. The second kappa shape index (κ2) is 5.55. The van der Waals surface area contributed by atoms with Crippen LogP contribution in [0.25, 0.3) is 11.3 Å². The zero-order valence-electron chi connectivity index (χ0n) is 11.9. The van der Waals surface area contributed by atoms with Gasteiger partial charge in [0.25, 0.3) is 0 Å². The van der Waals surface area contributed by atoms with Crippen LogP contribution in [0.1, 0.15) is 18.7 Å². The molecule has 1 aliphatic rings. The summed E-state index contributed by atoms with van der Waals surface area (Å²) in [6.07, 6.45) is -0.421. The van der Waals surface area contributed by atoms with Crippen molar-refractivity contribution in [2.75, 3.05) is 6.54 Å². The maximum atomic E-state index is 14.0. The van der Waals surface area contributed by atoms with Crippen molar-refractivity contribution in [3.8, 4) is 11.3 Å². The SMILES string of the molecule is CCN1C(N)=Nc2nc(-c3c(F)cccc3Cl)ccc2C1N. The van der Waals surface area contributed by atoms with Crippen LogP contribution >= 0.6 is 11.6 Å². The zero-order chi connectivity index (χ0) is 15.9. The number of pyridine rings is 1. The van der Waals surface area contributed by atoms with Crippen LogP contribution in [0.4, 0.5) is 10.2 Å². The number of aromatic nitrogens is 1. The normalized spacial score (nSPS) is 17.2. The Labute approximate surface area is 132 Å². The summed E-state index contributed by atoms with van der Waals surface area (Å²) in [5.74, 6) is 0.255. The average Bonchev–Trinajstić information content (AvgIpc) is 2.47. The third-order valence-corrected chi connectivity index (χ3v) is 3.95. The molecule has 1 atom stereocenters. The summed E-state index contributed by atoms with van der Waals surface area (Å²) in [7, 11) is 0. The lowest BCUT2D eigenvalue weighted by atomic mass is 10.1. The Morgan fingerprint density at radius 1 is 1.32 bits per heavy atom. The number of guanidine groups is 1. The van der Waals surface area contributed by atoms with E-state index < -0.39 is 12.0 Å². The summed E-state index contributed by atoms with van der Waals surface area (Å²) in [5, 5.41) is 0.291. The van der Waals surface area contributed by atoms with Crippen LogP contribution in [0, 0.1) is 5.82 Å². The van der Waals surface area contributed by atoms with Gasteiger partial charge in [-0.2, -0.15) is 4.99 Å². The van der Waals surface area contributed by atoms with Crippen LogP contribution in [0.5, 0.6) is 0 Å². The smallest absolute Gasteiger partial charge is 0.199 e. The summed E-state index contributed by atoms with van der Waals surface area (Å²) >= 11 is 6.08. The van der Waals surface area contributed by atoms with Crippen molar-refractivity contribution in [3.63, 3.8) is 0 Å². The van der Waals surface area contributed by atoms with Crippen molar-refractivity contribution in [2.45, 2.75) is 13.1 Å². The highest BCUT2D eigenvalue weighted by Gasteiger charge is 2.26. The molecule has 4 N–H and O–H groups in total. The zero-order valence-corrected chi connectivity index (χ0v) is 12.7. The van der Waals surface area contributed by atoms with Gasteiger partial charge in [-0.05, 0) is 31.2 Å². The number of fused-ring (bicyclic) bond motifs is 1. The highest BCUT2D eigenvalue weighted by atomic mass is 35.5. The molecular weight excluding hydrogens is 305 g/mol. The first kappa shape index (κ1) is 14.7. The van der Waals surface area contributed by atoms with Crippen LogP contribution < -0.4 is 11.5 Å². The molecule has 1 unspecified atom stereocenters. The van der Waals surface area contributed by atoms with Crippen molar-refractivity contribution in [3.05, 3.63) is 46.7 Å². The van der Waals surface area contributed by atoms with Crippen LogP contribution in [-0.2, 0) is 0 Å². The van der Waals surface area contributed by atoms with Gasteiger partial charge in [0.1, 0.15) is 12.0 Å². The molecule has 1 aromatic carbocycles. The van der Waals surface area contributed by atoms with Gasteiger partial charge in [-0.25, -0.2) is 9.37 Å². The lowest BCUT2D eigenvalue weighted by Gasteiger charge is -2.32. The van der Waals surface area contributed by atoms with Gasteiger partial charge in [-0.1, -0.05) is 17.7 Å². The van der Waals surface area contributed by atoms with Gasteiger partial charge >= 0.3 is 0 Å². The quantitative estimate of drug-likeness (QED) is 0.892.